The van der Waals surface area contributed by atoms with Crippen LogP contribution in [0.15, 0.2) is 43.7 Å². The first kappa shape index (κ1) is 16.7. The summed E-state index contributed by atoms with van der Waals surface area (Å²) in [5.74, 6) is 1.82. The second kappa shape index (κ2) is 8.73. The summed E-state index contributed by atoms with van der Waals surface area (Å²) >= 11 is 7.01. The van der Waals surface area contributed by atoms with Crippen LogP contribution in [0, 0.1) is 0 Å². The van der Waals surface area contributed by atoms with Crippen molar-refractivity contribution in [3.63, 3.8) is 0 Å². The van der Waals surface area contributed by atoms with Crippen molar-refractivity contribution in [3.05, 3.63) is 45.0 Å². The zero-order valence-corrected chi connectivity index (χ0v) is 15.2. The zero-order chi connectivity index (χ0) is 15.1. The zero-order valence-electron chi connectivity index (χ0n) is 12.0. The van der Waals surface area contributed by atoms with Crippen LogP contribution in [0.1, 0.15) is 19.1 Å². The Morgan fingerprint density at radius 2 is 2.05 bits per heavy atom. The number of ether oxygens (including phenoxy) is 1. The monoisotopic (exact) mass is 415 g/mol. The topological polar surface area (TPSA) is 34.4 Å². The summed E-state index contributed by atoms with van der Waals surface area (Å²) in [7, 11) is 0. The van der Waals surface area contributed by atoms with Gasteiger partial charge in [-0.2, -0.15) is 0 Å². The Hall–Kier alpha value is -0.620. The van der Waals surface area contributed by atoms with E-state index in [9.17, 15) is 0 Å². The molecule has 0 aliphatic rings. The summed E-state index contributed by atoms with van der Waals surface area (Å²) in [6.07, 6.45) is 1.01. The molecule has 1 heterocycles. The predicted octanol–water partition coefficient (Wildman–Crippen LogP) is 4.99. The third kappa shape index (κ3) is 5.25. The molecule has 0 unspecified atom stereocenters. The van der Waals surface area contributed by atoms with Crippen LogP contribution < -0.4 is 5.32 Å². The first-order chi connectivity index (χ1) is 10.2. The minimum atomic E-state index is 0.736. The molecule has 0 spiro atoms. The summed E-state index contributed by atoms with van der Waals surface area (Å²) < 4.78 is 13.2. The molecule has 0 aliphatic heterocycles. The second-order valence-electron chi connectivity index (χ2n) is 4.62. The molecule has 0 fully saturated rings. The van der Waals surface area contributed by atoms with E-state index >= 15 is 0 Å². The van der Waals surface area contributed by atoms with Gasteiger partial charge in [0.2, 0.25) is 0 Å². The number of hydrogen-bond donors (Lipinski definition) is 1. The number of furan rings is 1. The Morgan fingerprint density at radius 1 is 1.19 bits per heavy atom. The Kier molecular flexibility index (Phi) is 6.96. The quantitative estimate of drug-likeness (QED) is 0.615. The molecule has 114 valence electrons. The van der Waals surface area contributed by atoms with Gasteiger partial charge < -0.3 is 14.5 Å². The van der Waals surface area contributed by atoms with Crippen LogP contribution >= 0.6 is 31.9 Å². The van der Waals surface area contributed by atoms with E-state index in [1.54, 1.807) is 0 Å². The molecule has 1 aromatic heterocycles. The Bertz CT molecular complexity index is 569. The number of benzene rings is 1. The van der Waals surface area contributed by atoms with Gasteiger partial charge in [0.1, 0.15) is 11.5 Å². The van der Waals surface area contributed by atoms with Crippen molar-refractivity contribution < 1.29 is 9.15 Å². The van der Waals surface area contributed by atoms with Crippen molar-refractivity contribution in [1.82, 2.24) is 5.32 Å². The lowest BCUT2D eigenvalue weighted by Gasteiger charge is -2.04. The SMILES string of the molecule is CCOCCCNCc1ccc(-c2ccc(Br)cc2Br)o1. The summed E-state index contributed by atoms with van der Waals surface area (Å²) in [5, 5.41) is 3.36. The molecule has 21 heavy (non-hydrogen) atoms. The average Bonchev–Trinajstić information content (AvgIpc) is 2.91. The molecule has 0 amide bonds. The van der Waals surface area contributed by atoms with Crippen LogP contribution in [0.2, 0.25) is 0 Å². The molecule has 3 nitrogen and oxygen atoms in total. The Morgan fingerprint density at radius 3 is 2.81 bits per heavy atom. The van der Waals surface area contributed by atoms with Crippen LogP contribution in [0.3, 0.4) is 0 Å². The van der Waals surface area contributed by atoms with Gasteiger partial charge in [-0.25, -0.2) is 0 Å². The van der Waals surface area contributed by atoms with Gasteiger partial charge >= 0.3 is 0 Å². The van der Waals surface area contributed by atoms with Gasteiger partial charge in [0, 0.05) is 27.7 Å². The van der Waals surface area contributed by atoms with Crippen molar-refractivity contribution in [2.24, 2.45) is 0 Å². The molecule has 0 atom stereocenters. The molecule has 1 N–H and O–H groups in total. The number of rotatable bonds is 8. The maximum absolute atomic E-state index is 5.88. The number of halogens is 2. The number of hydrogen-bond acceptors (Lipinski definition) is 3. The lowest BCUT2D eigenvalue weighted by molar-refractivity contribution is 0.144. The highest BCUT2D eigenvalue weighted by Crippen LogP contribution is 2.31. The van der Waals surface area contributed by atoms with Gasteiger partial charge in [-0.05, 0) is 66.2 Å². The summed E-state index contributed by atoms with van der Waals surface area (Å²) in [6.45, 7) is 5.26. The average molecular weight is 417 g/mol. The van der Waals surface area contributed by atoms with Gasteiger partial charge in [-0.3, -0.25) is 0 Å². The van der Waals surface area contributed by atoms with Crippen LogP contribution in [0.4, 0.5) is 0 Å². The summed E-state index contributed by atoms with van der Waals surface area (Å²) in [4.78, 5) is 0. The van der Waals surface area contributed by atoms with Crippen LogP contribution in [-0.2, 0) is 11.3 Å². The molecule has 1 aromatic carbocycles. The summed E-state index contributed by atoms with van der Waals surface area (Å²) in [5.41, 5.74) is 1.06. The van der Waals surface area contributed by atoms with Crippen LogP contribution in [-0.4, -0.2) is 19.8 Å². The fourth-order valence-electron chi connectivity index (χ4n) is 1.96. The molecule has 5 heteroatoms. The van der Waals surface area contributed by atoms with Gasteiger partial charge in [-0.15, -0.1) is 0 Å². The first-order valence-corrected chi connectivity index (χ1v) is 8.62. The minimum Gasteiger partial charge on any atom is -0.460 e. The normalized spacial score (nSPS) is 11.0. The maximum atomic E-state index is 5.88. The Labute approximate surface area is 142 Å². The largest absolute Gasteiger partial charge is 0.460 e. The lowest BCUT2D eigenvalue weighted by Crippen LogP contribution is -2.15. The fourth-order valence-corrected chi connectivity index (χ4v) is 3.20. The summed E-state index contributed by atoms with van der Waals surface area (Å²) in [6, 6.07) is 10.1. The lowest BCUT2D eigenvalue weighted by atomic mass is 10.2. The highest BCUT2D eigenvalue weighted by atomic mass is 79.9. The Balaban J connectivity index is 1.86. The third-order valence-electron chi connectivity index (χ3n) is 3.00. The molecule has 0 radical (unpaired) electrons. The molecule has 0 bridgehead atoms. The van der Waals surface area contributed by atoms with E-state index in [1.807, 2.05) is 37.3 Å². The van der Waals surface area contributed by atoms with Crippen molar-refractivity contribution >= 4 is 31.9 Å². The van der Waals surface area contributed by atoms with Gasteiger partial charge in [0.25, 0.3) is 0 Å². The molecular formula is C16H19Br2NO2. The maximum Gasteiger partial charge on any atom is 0.135 e. The predicted molar refractivity (Wildman–Crippen MR) is 92.4 cm³/mol. The van der Waals surface area contributed by atoms with E-state index < -0.39 is 0 Å². The first-order valence-electron chi connectivity index (χ1n) is 7.03. The third-order valence-corrected chi connectivity index (χ3v) is 4.15. The van der Waals surface area contributed by atoms with Gasteiger partial charge in [0.15, 0.2) is 0 Å². The van der Waals surface area contributed by atoms with Crippen LogP contribution in [0.25, 0.3) is 11.3 Å². The molecule has 0 aliphatic carbocycles. The fraction of sp³-hybridized carbons (Fsp3) is 0.375. The number of nitrogens with one attached hydrogen (secondary N) is 1. The van der Waals surface area contributed by atoms with Crippen LogP contribution in [0.5, 0.6) is 0 Å². The molecule has 2 rings (SSSR count). The molecule has 0 saturated heterocycles. The van der Waals surface area contributed by atoms with Crippen molar-refractivity contribution in [1.29, 1.82) is 0 Å². The highest BCUT2D eigenvalue weighted by molar-refractivity contribution is 9.11. The highest BCUT2D eigenvalue weighted by Gasteiger charge is 2.08. The van der Waals surface area contributed by atoms with Crippen molar-refractivity contribution in [2.45, 2.75) is 19.9 Å². The van der Waals surface area contributed by atoms with E-state index in [1.165, 1.54) is 0 Å². The second-order valence-corrected chi connectivity index (χ2v) is 6.39. The van der Waals surface area contributed by atoms with E-state index in [0.29, 0.717) is 0 Å². The van der Waals surface area contributed by atoms with E-state index in [0.717, 1.165) is 58.8 Å². The standard InChI is InChI=1S/C16H19Br2NO2/c1-2-20-9-3-8-19-11-13-5-7-16(21-13)14-6-4-12(17)10-15(14)18/h4-7,10,19H,2-3,8-9,11H2,1H3. The van der Waals surface area contributed by atoms with Crippen molar-refractivity contribution in [3.8, 4) is 11.3 Å². The minimum absolute atomic E-state index is 0.736. The van der Waals surface area contributed by atoms with E-state index in [2.05, 4.69) is 37.2 Å². The van der Waals surface area contributed by atoms with E-state index in [4.69, 9.17) is 9.15 Å². The van der Waals surface area contributed by atoms with Gasteiger partial charge in [-0.1, -0.05) is 15.9 Å². The molecule has 0 saturated carbocycles. The smallest absolute Gasteiger partial charge is 0.135 e. The van der Waals surface area contributed by atoms with Gasteiger partial charge in [0.05, 0.1) is 6.54 Å². The molecule has 2 aromatic rings. The van der Waals surface area contributed by atoms with Crippen molar-refractivity contribution in [2.75, 3.05) is 19.8 Å². The van der Waals surface area contributed by atoms with E-state index in [-0.39, 0.29) is 0 Å². The molecular weight excluding hydrogens is 398 g/mol.